The Labute approximate surface area is 123 Å². The molecule has 1 aliphatic heterocycles. The zero-order chi connectivity index (χ0) is 14.5. The number of hydrogen-bond acceptors (Lipinski definition) is 4. The van der Waals surface area contributed by atoms with Gasteiger partial charge in [0.25, 0.3) is 0 Å². The molecule has 0 unspecified atom stereocenters. The summed E-state index contributed by atoms with van der Waals surface area (Å²) in [5.41, 5.74) is 0.747. The van der Waals surface area contributed by atoms with Gasteiger partial charge in [0.2, 0.25) is 0 Å². The Hall–Kier alpha value is -2.24. The van der Waals surface area contributed by atoms with Crippen LogP contribution in [-0.2, 0) is 0 Å². The third-order valence-electron chi connectivity index (χ3n) is 3.64. The van der Waals surface area contributed by atoms with E-state index in [4.69, 9.17) is 0 Å². The van der Waals surface area contributed by atoms with Gasteiger partial charge >= 0.3 is 0 Å². The maximum Gasteiger partial charge on any atom is 0.181 e. The van der Waals surface area contributed by atoms with Gasteiger partial charge in [0.1, 0.15) is 5.82 Å². The molecule has 0 aliphatic carbocycles. The molecule has 0 radical (unpaired) electrons. The fourth-order valence-corrected chi connectivity index (χ4v) is 2.48. The molecule has 0 saturated carbocycles. The molecule has 0 bridgehead atoms. The van der Waals surface area contributed by atoms with Crippen molar-refractivity contribution >= 4 is 6.08 Å². The van der Waals surface area contributed by atoms with Crippen LogP contribution in [0.2, 0.25) is 0 Å². The first-order chi connectivity index (χ1) is 10.3. The number of aromatic nitrogens is 4. The second-order valence-electron chi connectivity index (χ2n) is 5.19. The number of hydrogen-bond donors (Lipinski definition) is 0. The van der Waals surface area contributed by atoms with Gasteiger partial charge in [0.05, 0.1) is 5.69 Å². The van der Waals surface area contributed by atoms with E-state index in [1.165, 1.54) is 37.8 Å². The molecule has 110 valence electrons. The molecule has 2 heterocycles. The van der Waals surface area contributed by atoms with Crippen molar-refractivity contribution in [3.63, 3.8) is 0 Å². The van der Waals surface area contributed by atoms with Crippen molar-refractivity contribution in [2.75, 3.05) is 13.1 Å². The van der Waals surface area contributed by atoms with E-state index in [9.17, 15) is 4.39 Å². The average molecular weight is 287 g/mol. The van der Waals surface area contributed by atoms with Crippen LogP contribution in [0.5, 0.6) is 0 Å². The third kappa shape index (κ3) is 3.45. The Bertz CT molecular complexity index is 597. The molecular formula is C15H18FN5. The molecule has 1 aliphatic rings. The topological polar surface area (TPSA) is 46.8 Å². The highest BCUT2D eigenvalue weighted by molar-refractivity contribution is 5.44. The number of likely N-dealkylation sites (tertiary alicyclic amines) is 1. The normalized spacial score (nSPS) is 16.3. The van der Waals surface area contributed by atoms with Gasteiger partial charge in [-0.15, -0.1) is 5.10 Å². The highest BCUT2D eigenvalue weighted by Crippen LogP contribution is 2.13. The Balaban J connectivity index is 1.77. The molecule has 0 spiro atoms. The van der Waals surface area contributed by atoms with E-state index in [0.717, 1.165) is 18.8 Å². The minimum atomic E-state index is -0.270. The van der Waals surface area contributed by atoms with Crippen LogP contribution < -0.4 is 0 Å². The minimum absolute atomic E-state index is 0.270. The molecule has 1 saturated heterocycles. The Kier molecular flexibility index (Phi) is 4.23. The van der Waals surface area contributed by atoms with Crippen molar-refractivity contribution in [2.45, 2.75) is 25.7 Å². The maximum absolute atomic E-state index is 13.0. The van der Waals surface area contributed by atoms with Gasteiger partial charge in [-0.05, 0) is 47.5 Å². The largest absolute Gasteiger partial charge is 0.377 e. The van der Waals surface area contributed by atoms with Gasteiger partial charge in [0, 0.05) is 25.4 Å². The van der Waals surface area contributed by atoms with Crippen LogP contribution in [0.15, 0.2) is 30.5 Å². The Morgan fingerprint density at radius 2 is 1.71 bits per heavy atom. The standard InChI is InChI=1S/C15H18FN5/c16-13-5-7-14(8-6-13)21-15(17-18-19-21)9-12-20-10-3-1-2-4-11-20/h5-9,12H,1-4,10-11H2/b12-9+. The minimum Gasteiger partial charge on any atom is -0.377 e. The van der Waals surface area contributed by atoms with E-state index in [2.05, 4.69) is 26.6 Å². The van der Waals surface area contributed by atoms with Gasteiger partial charge < -0.3 is 4.90 Å². The lowest BCUT2D eigenvalue weighted by Gasteiger charge is -2.16. The van der Waals surface area contributed by atoms with Gasteiger partial charge in [-0.25, -0.2) is 4.39 Å². The fraction of sp³-hybridized carbons (Fsp3) is 0.400. The predicted molar refractivity (Wildman–Crippen MR) is 78.2 cm³/mol. The van der Waals surface area contributed by atoms with Crippen molar-refractivity contribution < 1.29 is 4.39 Å². The number of benzene rings is 1. The van der Waals surface area contributed by atoms with Gasteiger partial charge in [-0.2, -0.15) is 4.68 Å². The second-order valence-corrected chi connectivity index (χ2v) is 5.19. The van der Waals surface area contributed by atoms with Crippen molar-refractivity contribution in [2.24, 2.45) is 0 Å². The van der Waals surface area contributed by atoms with Crippen molar-refractivity contribution in [3.8, 4) is 5.69 Å². The first-order valence-electron chi connectivity index (χ1n) is 7.29. The molecule has 0 amide bonds. The zero-order valence-corrected chi connectivity index (χ0v) is 11.8. The van der Waals surface area contributed by atoms with Crippen molar-refractivity contribution in [3.05, 3.63) is 42.1 Å². The monoisotopic (exact) mass is 287 g/mol. The van der Waals surface area contributed by atoms with E-state index in [-0.39, 0.29) is 5.82 Å². The molecule has 5 nitrogen and oxygen atoms in total. The molecule has 2 aromatic rings. The summed E-state index contributed by atoms with van der Waals surface area (Å²) in [6, 6.07) is 6.13. The zero-order valence-electron chi connectivity index (χ0n) is 11.8. The van der Waals surface area contributed by atoms with Crippen LogP contribution in [0.4, 0.5) is 4.39 Å². The van der Waals surface area contributed by atoms with Crippen LogP contribution in [0, 0.1) is 5.82 Å². The SMILES string of the molecule is Fc1ccc(-n2nnnc2/C=C/N2CCCCCC2)cc1. The van der Waals surface area contributed by atoms with Crippen LogP contribution in [0.1, 0.15) is 31.5 Å². The molecule has 3 rings (SSSR count). The number of nitrogens with zero attached hydrogens (tertiary/aromatic N) is 5. The number of rotatable bonds is 3. The smallest absolute Gasteiger partial charge is 0.181 e. The van der Waals surface area contributed by atoms with Gasteiger partial charge in [-0.3, -0.25) is 0 Å². The molecular weight excluding hydrogens is 269 g/mol. The second kappa shape index (κ2) is 6.47. The van der Waals surface area contributed by atoms with Crippen molar-refractivity contribution in [1.29, 1.82) is 0 Å². The molecule has 21 heavy (non-hydrogen) atoms. The lowest BCUT2D eigenvalue weighted by molar-refractivity contribution is 0.394. The first-order valence-corrected chi connectivity index (χ1v) is 7.29. The van der Waals surface area contributed by atoms with Crippen LogP contribution in [0.25, 0.3) is 11.8 Å². The van der Waals surface area contributed by atoms with E-state index in [1.54, 1.807) is 16.8 Å². The number of halogens is 1. The molecule has 0 atom stereocenters. The summed E-state index contributed by atoms with van der Waals surface area (Å²) >= 11 is 0. The van der Waals surface area contributed by atoms with Gasteiger partial charge in [-0.1, -0.05) is 12.8 Å². The van der Waals surface area contributed by atoms with Crippen LogP contribution in [-0.4, -0.2) is 38.2 Å². The van der Waals surface area contributed by atoms with Gasteiger partial charge in [0.15, 0.2) is 5.82 Å². The third-order valence-corrected chi connectivity index (χ3v) is 3.64. The molecule has 1 aromatic carbocycles. The lowest BCUT2D eigenvalue weighted by atomic mass is 10.2. The summed E-state index contributed by atoms with van der Waals surface area (Å²) in [5.74, 6) is 0.374. The van der Waals surface area contributed by atoms with E-state index in [1.807, 2.05) is 6.08 Å². The molecule has 1 fully saturated rings. The summed E-state index contributed by atoms with van der Waals surface area (Å²) < 4.78 is 14.6. The predicted octanol–water partition coefficient (Wildman–Crippen LogP) is 2.65. The fourth-order valence-electron chi connectivity index (χ4n) is 2.48. The first kappa shape index (κ1) is 13.7. The molecule has 6 heteroatoms. The summed E-state index contributed by atoms with van der Waals surface area (Å²) in [6.07, 6.45) is 9.03. The average Bonchev–Trinajstić information content (AvgIpc) is 2.81. The molecule has 0 N–H and O–H groups in total. The van der Waals surface area contributed by atoms with Crippen LogP contribution in [0.3, 0.4) is 0 Å². The van der Waals surface area contributed by atoms with E-state index in [0.29, 0.717) is 5.82 Å². The highest BCUT2D eigenvalue weighted by atomic mass is 19.1. The van der Waals surface area contributed by atoms with Crippen molar-refractivity contribution in [1.82, 2.24) is 25.1 Å². The summed E-state index contributed by atoms with van der Waals surface area (Å²) in [4.78, 5) is 2.30. The maximum atomic E-state index is 13.0. The quantitative estimate of drug-likeness (QED) is 0.870. The number of tetrazole rings is 1. The van der Waals surface area contributed by atoms with Crippen LogP contribution >= 0.6 is 0 Å². The Morgan fingerprint density at radius 1 is 1.00 bits per heavy atom. The Morgan fingerprint density at radius 3 is 2.43 bits per heavy atom. The summed E-state index contributed by atoms with van der Waals surface area (Å²) in [6.45, 7) is 2.16. The lowest BCUT2D eigenvalue weighted by Crippen LogP contribution is -2.17. The summed E-state index contributed by atoms with van der Waals surface area (Å²) in [7, 11) is 0. The summed E-state index contributed by atoms with van der Waals surface area (Å²) in [5, 5.41) is 11.7. The van der Waals surface area contributed by atoms with E-state index < -0.39 is 0 Å². The molecule has 1 aromatic heterocycles. The van der Waals surface area contributed by atoms with E-state index >= 15 is 0 Å². The highest BCUT2D eigenvalue weighted by Gasteiger charge is 2.08.